The van der Waals surface area contributed by atoms with Gasteiger partial charge in [-0.05, 0) is 38.0 Å². The van der Waals surface area contributed by atoms with E-state index in [-0.39, 0.29) is 5.54 Å². The summed E-state index contributed by atoms with van der Waals surface area (Å²) in [6.45, 7) is 7.57. The fourth-order valence-electron chi connectivity index (χ4n) is 1.76. The summed E-state index contributed by atoms with van der Waals surface area (Å²) in [6, 6.07) is 11.9. The van der Waals surface area contributed by atoms with Crippen LogP contribution in [0.15, 0.2) is 42.6 Å². The minimum atomic E-state index is 0.0644. The molecule has 1 aromatic carbocycles. The molecule has 2 aromatic rings. The number of halogens is 1. The lowest BCUT2D eigenvalue weighted by Crippen LogP contribution is -2.35. The van der Waals surface area contributed by atoms with Crippen LogP contribution in [0.5, 0.6) is 5.88 Å². The first kappa shape index (κ1) is 15.8. The van der Waals surface area contributed by atoms with E-state index in [1.165, 1.54) is 0 Å². The van der Waals surface area contributed by atoms with Crippen LogP contribution in [-0.2, 0) is 13.2 Å². The molecule has 1 N–H and O–H groups in total. The van der Waals surface area contributed by atoms with Crippen molar-refractivity contribution < 1.29 is 4.74 Å². The Morgan fingerprint density at radius 3 is 2.48 bits per heavy atom. The van der Waals surface area contributed by atoms with Gasteiger partial charge in [-0.3, -0.25) is 0 Å². The van der Waals surface area contributed by atoms with E-state index in [0.29, 0.717) is 17.5 Å². The topological polar surface area (TPSA) is 34.2 Å². The second-order valence-corrected chi connectivity index (χ2v) is 6.42. The van der Waals surface area contributed by atoms with Gasteiger partial charge in [0.05, 0.1) is 0 Å². The van der Waals surface area contributed by atoms with Crippen molar-refractivity contribution in [3.8, 4) is 5.88 Å². The summed E-state index contributed by atoms with van der Waals surface area (Å²) in [4.78, 5) is 4.30. The lowest BCUT2D eigenvalue weighted by atomic mass is 10.1. The maximum Gasteiger partial charge on any atom is 0.232 e. The van der Waals surface area contributed by atoms with E-state index in [9.17, 15) is 0 Å². The number of ether oxygens (including phenoxy) is 1. The number of nitrogens with one attached hydrogen (secondary N) is 1. The molecule has 0 aliphatic carbocycles. The standard InChI is InChI=1S/C17H21ClN2O/c1-17(2,3)20-11-14-9-15(18)16(19-10-14)21-12-13-7-5-4-6-8-13/h4-10,20H,11-12H2,1-3H3. The number of benzene rings is 1. The summed E-state index contributed by atoms with van der Waals surface area (Å²) < 4.78 is 5.66. The summed E-state index contributed by atoms with van der Waals surface area (Å²) in [5, 5.41) is 3.94. The van der Waals surface area contributed by atoms with Crippen molar-refractivity contribution >= 4 is 11.6 Å². The second-order valence-electron chi connectivity index (χ2n) is 6.01. The minimum absolute atomic E-state index is 0.0644. The number of pyridine rings is 1. The van der Waals surface area contributed by atoms with Gasteiger partial charge in [0.2, 0.25) is 5.88 Å². The molecule has 1 aromatic heterocycles. The van der Waals surface area contributed by atoms with E-state index in [4.69, 9.17) is 16.3 Å². The molecule has 112 valence electrons. The van der Waals surface area contributed by atoms with Crippen LogP contribution in [0.25, 0.3) is 0 Å². The Hall–Kier alpha value is -1.58. The van der Waals surface area contributed by atoms with Crippen molar-refractivity contribution in [1.29, 1.82) is 0 Å². The highest BCUT2D eigenvalue weighted by Gasteiger charge is 2.10. The number of aromatic nitrogens is 1. The van der Waals surface area contributed by atoms with Crippen molar-refractivity contribution in [3.05, 3.63) is 58.7 Å². The first-order valence-corrected chi connectivity index (χ1v) is 7.38. The monoisotopic (exact) mass is 304 g/mol. The molecular weight excluding hydrogens is 284 g/mol. The number of rotatable bonds is 5. The highest BCUT2D eigenvalue weighted by molar-refractivity contribution is 6.31. The van der Waals surface area contributed by atoms with Crippen molar-refractivity contribution in [3.63, 3.8) is 0 Å². The Kier molecular flexibility index (Phi) is 5.21. The summed E-state index contributed by atoms with van der Waals surface area (Å²) in [6.07, 6.45) is 1.80. The highest BCUT2D eigenvalue weighted by atomic mass is 35.5. The quantitative estimate of drug-likeness (QED) is 0.899. The van der Waals surface area contributed by atoms with Crippen LogP contribution in [0.2, 0.25) is 5.02 Å². The SMILES string of the molecule is CC(C)(C)NCc1cnc(OCc2ccccc2)c(Cl)c1. The molecule has 0 fully saturated rings. The van der Waals surface area contributed by atoms with Crippen LogP contribution in [0.4, 0.5) is 0 Å². The van der Waals surface area contributed by atoms with Crippen molar-refractivity contribution in [2.75, 3.05) is 0 Å². The summed E-state index contributed by atoms with van der Waals surface area (Å²) in [5.41, 5.74) is 2.20. The van der Waals surface area contributed by atoms with E-state index in [0.717, 1.165) is 17.7 Å². The maximum atomic E-state index is 6.23. The Labute approximate surface area is 131 Å². The Bertz CT molecular complexity index is 579. The van der Waals surface area contributed by atoms with E-state index in [1.807, 2.05) is 36.4 Å². The van der Waals surface area contributed by atoms with Gasteiger partial charge < -0.3 is 10.1 Å². The number of hydrogen-bond donors (Lipinski definition) is 1. The summed E-state index contributed by atoms with van der Waals surface area (Å²) in [7, 11) is 0. The average molecular weight is 305 g/mol. The van der Waals surface area contributed by atoms with Gasteiger partial charge in [0, 0.05) is 18.3 Å². The predicted octanol–water partition coefficient (Wildman–Crippen LogP) is 4.20. The summed E-state index contributed by atoms with van der Waals surface area (Å²) in [5.74, 6) is 0.472. The Morgan fingerprint density at radius 2 is 1.86 bits per heavy atom. The number of hydrogen-bond acceptors (Lipinski definition) is 3. The van der Waals surface area contributed by atoms with Crippen LogP contribution in [-0.4, -0.2) is 10.5 Å². The van der Waals surface area contributed by atoms with Gasteiger partial charge in [-0.1, -0.05) is 41.9 Å². The van der Waals surface area contributed by atoms with E-state index in [1.54, 1.807) is 6.20 Å². The smallest absolute Gasteiger partial charge is 0.232 e. The Morgan fingerprint density at radius 1 is 1.14 bits per heavy atom. The van der Waals surface area contributed by atoms with Crippen LogP contribution in [0.1, 0.15) is 31.9 Å². The molecule has 0 aliphatic rings. The lowest BCUT2D eigenvalue weighted by Gasteiger charge is -2.20. The first-order valence-electron chi connectivity index (χ1n) is 7.00. The fraction of sp³-hybridized carbons (Fsp3) is 0.353. The minimum Gasteiger partial charge on any atom is -0.472 e. The van der Waals surface area contributed by atoms with Crippen molar-refractivity contribution in [2.45, 2.75) is 39.5 Å². The first-order chi connectivity index (χ1) is 9.94. The third-order valence-electron chi connectivity index (χ3n) is 2.91. The zero-order chi connectivity index (χ0) is 15.3. The largest absolute Gasteiger partial charge is 0.472 e. The molecule has 0 saturated heterocycles. The van der Waals surface area contributed by atoms with Gasteiger partial charge in [0.1, 0.15) is 11.6 Å². The predicted molar refractivity (Wildman–Crippen MR) is 86.6 cm³/mol. The van der Waals surface area contributed by atoms with Crippen LogP contribution in [0.3, 0.4) is 0 Å². The molecule has 21 heavy (non-hydrogen) atoms. The normalized spacial score (nSPS) is 11.4. The Balaban J connectivity index is 1.96. The van der Waals surface area contributed by atoms with Gasteiger partial charge in [0.25, 0.3) is 0 Å². The molecular formula is C17H21ClN2O. The molecule has 0 amide bonds. The van der Waals surface area contributed by atoms with Gasteiger partial charge in [-0.15, -0.1) is 0 Å². The molecule has 0 radical (unpaired) electrons. The molecule has 0 saturated carbocycles. The van der Waals surface area contributed by atoms with E-state index >= 15 is 0 Å². The van der Waals surface area contributed by atoms with Crippen LogP contribution >= 0.6 is 11.6 Å². The zero-order valence-electron chi connectivity index (χ0n) is 12.7. The zero-order valence-corrected chi connectivity index (χ0v) is 13.4. The van der Waals surface area contributed by atoms with Crippen LogP contribution in [0, 0.1) is 0 Å². The van der Waals surface area contributed by atoms with E-state index in [2.05, 4.69) is 31.1 Å². The molecule has 2 rings (SSSR count). The molecule has 3 nitrogen and oxygen atoms in total. The molecule has 0 atom stereocenters. The van der Waals surface area contributed by atoms with Gasteiger partial charge in [-0.2, -0.15) is 0 Å². The molecule has 4 heteroatoms. The summed E-state index contributed by atoms with van der Waals surface area (Å²) >= 11 is 6.23. The fourth-order valence-corrected chi connectivity index (χ4v) is 2.00. The maximum absolute atomic E-state index is 6.23. The van der Waals surface area contributed by atoms with Gasteiger partial charge in [-0.25, -0.2) is 4.98 Å². The highest BCUT2D eigenvalue weighted by Crippen LogP contribution is 2.23. The lowest BCUT2D eigenvalue weighted by molar-refractivity contribution is 0.294. The van der Waals surface area contributed by atoms with Crippen LogP contribution < -0.4 is 10.1 Å². The molecule has 0 bridgehead atoms. The van der Waals surface area contributed by atoms with E-state index < -0.39 is 0 Å². The molecule has 0 spiro atoms. The third kappa shape index (κ3) is 5.37. The van der Waals surface area contributed by atoms with Gasteiger partial charge >= 0.3 is 0 Å². The second kappa shape index (κ2) is 6.92. The van der Waals surface area contributed by atoms with Crippen molar-refractivity contribution in [2.24, 2.45) is 0 Å². The van der Waals surface area contributed by atoms with Gasteiger partial charge in [0.15, 0.2) is 0 Å². The molecule has 0 unspecified atom stereocenters. The molecule has 0 aliphatic heterocycles. The average Bonchev–Trinajstić information content (AvgIpc) is 2.44. The third-order valence-corrected chi connectivity index (χ3v) is 3.18. The van der Waals surface area contributed by atoms with Crippen molar-refractivity contribution in [1.82, 2.24) is 10.3 Å². The molecule has 1 heterocycles. The number of nitrogens with zero attached hydrogens (tertiary/aromatic N) is 1.